The molecule has 148 valence electrons. The lowest BCUT2D eigenvalue weighted by atomic mass is 10.1. The van der Waals surface area contributed by atoms with Gasteiger partial charge in [-0.1, -0.05) is 36.4 Å². The molecule has 1 saturated heterocycles. The van der Waals surface area contributed by atoms with E-state index >= 15 is 0 Å². The van der Waals surface area contributed by atoms with Gasteiger partial charge in [0, 0.05) is 36.0 Å². The molecule has 1 aromatic heterocycles. The predicted octanol–water partition coefficient (Wildman–Crippen LogP) is 2.95. The number of rotatable bonds is 5. The largest absolute Gasteiger partial charge is 0.393 e. The van der Waals surface area contributed by atoms with Gasteiger partial charge in [0.1, 0.15) is 5.82 Å². The molecule has 0 aliphatic carbocycles. The van der Waals surface area contributed by atoms with Gasteiger partial charge in [-0.2, -0.15) is 4.98 Å². The van der Waals surface area contributed by atoms with Crippen molar-refractivity contribution in [1.82, 2.24) is 9.97 Å². The first-order chi connectivity index (χ1) is 14.1. The summed E-state index contributed by atoms with van der Waals surface area (Å²) in [7, 11) is 0. The van der Waals surface area contributed by atoms with Gasteiger partial charge in [-0.25, -0.2) is 4.98 Å². The fourth-order valence-electron chi connectivity index (χ4n) is 3.38. The number of benzene rings is 2. The molecule has 0 atom stereocenters. The van der Waals surface area contributed by atoms with Gasteiger partial charge in [-0.05, 0) is 31.0 Å². The Morgan fingerprint density at radius 1 is 1.03 bits per heavy atom. The number of nitrogens with zero attached hydrogens (tertiary/aromatic N) is 3. The number of hydrogen-bond acceptors (Lipinski definition) is 6. The van der Waals surface area contributed by atoms with E-state index in [-0.39, 0.29) is 6.10 Å². The van der Waals surface area contributed by atoms with Crippen LogP contribution in [0.25, 0.3) is 11.3 Å². The van der Waals surface area contributed by atoms with Crippen molar-refractivity contribution in [3.63, 3.8) is 0 Å². The molecule has 29 heavy (non-hydrogen) atoms. The zero-order valence-electron chi connectivity index (χ0n) is 16.0. The molecule has 0 saturated carbocycles. The predicted molar refractivity (Wildman–Crippen MR) is 113 cm³/mol. The molecule has 3 aromatic rings. The second-order valence-electron chi connectivity index (χ2n) is 7.09. The highest BCUT2D eigenvalue weighted by Crippen LogP contribution is 2.27. The summed E-state index contributed by atoms with van der Waals surface area (Å²) in [6.45, 7) is 1.48. The summed E-state index contributed by atoms with van der Waals surface area (Å²) in [5.41, 5.74) is 8.28. The second kappa shape index (κ2) is 8.28. The van der Waals surface area contributed by atoms with E-state index in [1.807, 2.05) is 42.5 Å². The maximum atomic E-state index is 11.5. The Balaban J connectivity index is 1.69. The van der Waals surface area contributed by atoms with Crippen molar-refractivity contribution in [3.8, 4) is 11.3 Å². The summed E-state index contributed by atoms with van der Waals surface area (Å²) in [4.78, 5) is 23.0. The van der Waals surface area contributed by atoms with Crippen LogP contribution in [0.4, 0.5) is 17.5 Å². The number of aliphatic hydroxyl groups excluding tert-OH is 1. The SMILES string of the molecule is NC(=O)c1cccc(Nc2nc(-c3ccccc3)cc(N3CCC(O)CC3)n2)c1. The molecule has 1 amide bonds. The summed E-state index contributed by atoms with van der Waals surface area (Å²) in [5, 5.41) is 13.0. The normalized spacial score (nSPS) is 14.6. The summed E-state index contributed by atoms with van der Waals surface area (Å²) in [6, 6.07) is 18.8. The lowest BCUT2D eigenvalue weighted by Gasteiger charge is -2.30. The summed E-state index contributed by atoms with van der Waals surface area (Å²) in [5.74, 6) is 0.758. The molecular weight excluding hydrogens is 366 g/mol. The number of hydrogen-bond donors (Lipinski definition) is 3. The fraction of sp³-hybridized carbons (Fsp3) is 0.227. The molecule has 2 aromatic carbocycles. The first-order valence-electron chi connectivity index (χ1n) is 9.63. The molecule has 4 N–H and O–H groups in total. The highest BCUT2D eigenvalue weighted by Gasteiger charge is 2.20. The van der Waals surface area contributed by atoms with Crippen LogP contribution in [0.3, 0.4) is 0 Å². The van der Waals surface area contributed by atoms with Gasteiger partial charge in [-0.15, -0.1) is 0 Å². The lowest BCUT2D eigenvalue weighted by molar-refractivity contribution is 0.1000. The quantitative estimate of drug-likeness (QED) is 0.620. The van der Waals surface area contributed by atoms with Crippen LogP contribution < -0.4 is 16.0 Å². The van der Waals surface area contributed by atoms with E-state index in [1.54, 1.807) is 18.2 Å². The third-order valence-electron chi connectivity index (χ3n) is 4.97. The van der Waals surface area contributed by atoms with E-state index in [4.69, 9.17) is 5.73 Å². The average molecular weight is 389 g/mol. The Morgan fingerprint density at radius 3 is 2.52 bits per heavy atom. The molecule has 2 heterocycles. The van der Waals surface area contributed by atoms with E-state index in [9.17, 15) is 9.90 Å². The summed E-state index contributed by atoms with van der Waals surface area (Å²) in [6.07, 6.45) is 1.18. The Hall–Kier alpha value is -3.45. The third-order valence-corrected chi connectivity index (χ3v) is 4.97. The Bertz CT molecular complexity index is 1000. The smallest absolute Gasteiger partial charge is 0.248 e. The minimum Gasteiger partial charge on any atom is -0.393 e. The molecule has 7 nitrogen and oxygen atoms in total. The van der Waals surface area contributed by atoms with Crippen LogP contribution in [0.2, 0.25) is 0 Å². The zero-order valence-corrected chi connectivity index (χ0v) is 16.0. The Morgan fingerprint density at radius 2 is 1.79 bits per heavy atom. The van der Waals surface area contributed by atoms with Crippen LogP contribution in [0.15, 0.2) is 60.7 Å². The highest BCUT2D eigenvalue weighted by molar-refractivity contribution is 5.93. The van der Waals surface area contributed by atoms with Crippen molar-refractivity contribution in [2.45, 2.75) is 18.9 Å². The van der Waals surface area contributed by atoms with Gasteiger partial charge < -0.3 is 21.1 Å². The standard InChI is InChI=1S/C22H23N5O2/c23-21(29)16-7-4-8-17(13-16)24-22-25-19(15-5-2-1-3-6-15)14-20(26-22)27-11-9-18(28)10-12-27/h1-8,13-14,18,28H,9-12H2,(H2,23,29)(H,24,25,26). The topological polar surface area (TPSA) is 104 Å². The first kappa shape index (κ1) is 18.9. The van der Waals surface area contributed by atoms with Gasteiger partial charge in [0.25, 0.3) is 0 Å². The number of primary amides is 1. The van der Waals surface area contributed by atoms with Crippen molar-refractivity contribution in [2.24, 2.45) is 5.73 Å². The van der Waals surface area contributed by atoms with Gasteiger partial charge in [-0.3, -0.25) is 4.79 Å². The number of nitrogens with one attached hydrogen (secondary N) is 1. The molecule has 1 fully saturated rings. The van der Waals surface area contributed by atoms with E-state index in [1.165, 1.54) is 0 Å². The van der Waals surface area contributed by atoms with Crippen LogP contribution in [0.1, 0.15) is 23.2 Å². The number of piperidine rings is 1. The number of amides is 1. The van der Waals surface area contributed by atoms with Gasteiger partial charge >= 0.3 is 0 Å². The van der Waals surface area contributed by atoms with Crippen molar-refractivity contribution in [2.75, 3.05) is 23.3 Å². The molecule has 4 rings (SSSR count). The van der Waals surface area contributed by atoms with Gasteiger partial charge in [0.15, 0.2) is 0 Å². The van der Waals surface area contributed by atoms with Gasteiger partial charge in [0.05, 0.1) is 11.8 Å². The van der Waals surface area contributed by atoms with E-state index < -0.39 is 5.91 Å². The van der Waals surface area contributed by atoms with Crippen LogP contribution >= 0.6 is 0 Å². The highest BCUT2D eigenvalue weighted by atomic mass is 16.3. The first-order valence-corrected chi connectivity index (χ1v) is 9.63. The summed E-state index contributed by atoms with van der Waals surface area (Å²) >= 11 is 0. The third kappa shape index (κ3) is 4.52. The van der Waals surface area contributed by atoms with Crippen molar-refractivity contribution < 1.29 is 9.90 Å². The maximum absolute atomic E-state index is 11.5. The minimum absolute atomic E-state index is 0.254. The van der Waals surface area contributed by atoms with Crippen molar-refractivity contribution in [3.05, 3.63) is 66.2 Å². The second-order valence-corrected chi connectivity index (χ2v) is 7.09. The van der Waals surface area contributed by atoms with E-state index in [2.05, 4.69) is 20.2 Å². The fourth-order valence-corrected chi connectivity index (χ4v) is 3.38. The maximum Gasteiger partial charge on any atom is 0.248 e. The van der Waals surface area contributed by atoms with Crippen LogP contribution in [0.5, 0.6) is 0 Å². The molecule has 7 heteroatoms. The van der Waals surface area contributed by atoms with Crippen LogP contribution in [0, 0.1) is 0 Å². The van der Waals surface area contributed by atoms with Crippen LogP contribution in [-0.2, 0) is 0 Å². The molecule has 1 aliphatic heterocycles. The molecule has 0 radical (unpaired) electrons. The minimum atomic E-state index is -0.486. The summed E-state index contributed by atoms with van der Waals surface area (Å²) < 4.78 is 0. The Labute approximate surface area is 169 Å². The number of carbonyl (C=O) groups excluding carboxylic acids is 1. The van der Waals surface area contributed by atoms with E-state index in [0.29, 0.717) is 30.0 Å². The number of aliphatic hydroxyl groups is 1. The van der Waals surface area contributed by atoms with E-state index in [0.717, 1.165) is 30.2 Å². The molecular formula is C22H23N5O2. The monoisotopic (exact) mass is 389 g/mol. The number of aromatic nitrogens is 2. The molecule has 0 bridgehead atoms. The number of carbonyl (C=O) groups is 1. The lowest BCUT2D eigenvalue weighted by Crippen LogP contribution is -2.36. The van der Waals surface area contributed by atoms with Gasteiger partial charge in [0.2, 0.25) is 11.9 Å². The zero-order chi connectivity index (χ0) is 20.2. The average Bonchev–Trinajstić information content (AvgIpc) is 2.75. The number of nitrogens with two attached hydrogens (primary N) is 1. The van der Waals surface area contributed by atoms with Crippen molar-refractivity contribution >= 4 is 23.4 Å². The molecule has 0 spiro atoms. The molecule has 0 unspecified atom stereocenters. The van der Waals surface area contributed by atoms with Crippen molar-refractivity contribution in [1.29, 1.82) is 0 Å². The molecule has 1 aliphatic rings. The Kier molecular flexibility index (Phi) is 5.39. The van der Waals surface area contributed by atoms with Crippen LogP contribution in [-0.4, -0.2) is 40.2 Å². The number of anilines is 3.